The fourth-order valence-corrected chi connectivity index (χ4v) is 3.52. The zero-order valence-corrected chi connectivity index (χ0v) is 12.8. The smallest absolute Gasteiger partial charge is 0.261 e. The van der Waals surface area contributed by atoms with E-state index in [1.165, 1.54) is 10.9 Å². The highest BCUT2D eigenvalue weighted by Crippen LogP contribution is 2.34. The standard InChI is InChI=1S/C15H12N4O3S/c20-13(17-14-10-6-23-7-12(10)18-22-14)5-19-8-16-11-4-2-1-3-9(11)15(19)21/h1-4,8H,5-7H2,(H,17,20). The van der Waals surface area contributed by atoms with Gasteiger partial charge in [0.15, 0.2) is 0 Å². The van der Waals surface area contributed by atoms with E-state index < -0.39 is 0 Å². The number of thioether (sulfide) groups is 1. The summed E-state index contributed by atoms with van der Waals surface area (Å²) >= 11 is 1.72. The van der Waals surface area contributed by atoms with Crippen molar-refractivity contribution in [2.75, 3.05) is 5.32 Å². The first kappa shape index (κ1) is 14.0. The number of hydrogen-bond donors (Lipinski definition) is 1. The van der Waals surface area contributed by atoms with E-state index in [0.29, 0.717) is 16.8 Å². The van der Waals surface area contributed by atoms with E-state index in [1.54, 1.807) is 30.0 Å². The maximum atomic E-state index is 12.4. The molecule has 0 bridgehead atoms. The van der Waals surface area contributed by atoms with Crippen molar-refractivity contribution in [1.29, 1.82) is 0 Å². The Hall–Kier alpha value is -2.61. The summed E-state index contributed by atoms with van der Waals surface area (Å²) in [5.74, 6) is 1.59. The molecule has 0 spiro atoms. The summed E-state index contributed by atoms with van der Waals surface area (Å²) in [7, 11) is 0. The van der Waals surface area contributed by atoms with Crippen LogP contribution in [0.3, 0.4) is 0 Å². The maximum absolute atomic E-state index is 12.4. The lowest BCUT2D eigenvalue weighted by atomic mass is 10.2. The molecule has 7 nitrogen and oxygen atoms in total. The van der Waals surface area contributed by atoms with Crippen molar-refractivity contribution in [3.63, 3.8) is 0 Å². The van der Waals surface area contributed by atoms with Crippen LogP contribution in [0.5, 0.6) is 0 Å². The van der Waals surface area contributed by atoms with Gasteiger partial charge in [-0.25, -0.2) is 4.98 Å². The molecular weight excluding hydrogens is 316 g/mol. The number of rotatable bonds is 3. The van der Waals surface area contributed by atoms with Gasteiger partial charge in [0.25, 0.3) is 5.56 Å². The topological polar surface area (TPSA) is 90.0 Å². The molecule has 3 aromatic rings. The molecule has 1 aliphatic heterocycles. The molecule has 2 aromatic heterocycles. The molecule has 23 heavy (non-hydrogen) atoms. The molecule has 0 saturated carbocycles. The first-order valence-electron chi connectivity index (χ1n) is 7.01. The molecule has 1 N–H and O–H groups in total. The minimum atomic E-state index is -0.347. The van der Waals surface area contributed by atoms with Gasteiger partial charge >= 0.3 is 0 Å². The maximum Gasteiger partial charge on any atom is 0.261 e. The molecule has 4 rings (SSSR count). The second kappa shape index (κ2) is 5.54. The van der Waals surface area contributed by atoms with Gasteiger partial charge in [-0.2, -0.15) is 11.8 Å². The van der Waals surface area contributed by atoms with Crippen LogP contribution in [0.2, 0.25) is 0 Å². The zero-order valence-electron chi connectivity index (χ0n) is 12.0. The van der Waals surface area contributed by atoms with Crippen LogP contribution in [0.4, 0.5) is 5.88 Å². The molecule has 0 saturated heterocycles. The number of carbonyl (C=O) groups excluding carboxylic acids is 1. The second-order valence-electron chi connectivity index (χ2n) is 5.17. The lowest BCUT2D eigenvalue weighted by Gasteiger charge is -2.06. The molecule has 8 heteroatoms. The van der Waals surface area contributed by atoms with Gasteiger partial charge in [-0.3, -0.25) is 19.5 Å². The quantitative estimate of drug-likeness (QED) is 0.788. The Morgan fingerprint density at radius 1 is 1.35 bits per heavy atom. The third-order valence-corrected chi connectivity index (χ3v) is 4.62. The Balaban J connectivity index is 1.57. The monoisotopic (exact) mass is 328 g/mol. The summed E-state index contributed by atoms with van der Waals surface area (Å²) in [5.41, 5.74) is 2.16. The van der Waals surface area contributed by atoms with Crippen molar-refractivity contribution < 1.29 is 9.32 Å². The second-order valence-corrected chi connectivity index (χ2v) is 6.16. The van der Waals surface area contributed by atoms with Gasteiger partial charge in [-0.05, 0) is 12.1 Å². The molecule has 1 amide bonds. The third-order valence-electron chi connectivity index (χ3n) is 3.65. The predicted molar refractivity (Wildman–Crippen MR) is 86.1 cm³/mol. The normalized spacial score (nSPS) is 13.2. The number of nitrogens with one attached hydrogen (secondary N) is 1. The summed E-state index contributed by atoms with van der Waals surface area (Å²) in [5, 5.41) is 7.09. The predicted octanol–water partition coefficient (Wildman–Crippen LogP) is 1.77. The van der Waals surface area contributed by atoms with E-state index in [2.05, 4.69) is 15.5 Å². The molecule has 1 aromatic carbocycles. The lowest BCUT2D eigenvalue weighted by molar-refractivity contribution is -0.116. The Morgan fingerprint density at radius 2 is 2.22 bits per heavy atom. The minimum absolute atomic E-state index is 0.126. The van der Waals surface area contributed by atoms with Crippen LogP contribution in [0, 0.1) is 0 Å². The van der Waals surface area contributed by atoms with E-state index in [4.69, 9.17) is 4.52 Å². The number of benzene rings is 1. The third kappa shape index (κ3) is 2.50. The van der Waals surface area contributed by atoms with Gasteiger partial charge in [-0.1, -0.05) is 17.3 Å². The van der Waals surface area contributed by atoms with Crippen LogP contribution in [-0.4, -0.2) is 20.6 Å². The van der Waals surface area contributed by atoms with Crippen molar-refractivity contribution in [3.05, 3.63) is 52.2 Å². The van der Waals surface area contributed by atoms with Crippen molar-refractivity contribution >= 4 is 34.5 Å². The molecule has 0 aliphatic carbocycles. The Labute approximate surface area is 134 Å². The van der Waals surface area contributed by atoms with Crippen molar-refractivity contribution in [2.24, 2.45) is 0 Å². The first-order chi connectivity index (χ1) is 11.2. The molecule has 1 aliphatic rings. The number of amides is 1. The molecule has 3 heterocycles. The average Bonchev–Trinajstić information content (AvgIpc) is 3.16. The number of hydrogen-bond acceptors (Lipinski definition) is 6. The summed E-state index contributed by atoms with van der Waals surface area (Å²) in [6, 6.07) is 7.04. The van der Waals surface area contributed by atoms with Gasteiger partial charge < -0.3 is 4.52 Å². The van der Waals surface area contributed by atoms with E-state index in [1.807, 2.05) is 6.07 Å². The van der Waals surface area contributed by atoms with E-state index in [-0.39, 0.29) is 18.0 Å². The number of nitrogens with zero attached hydrogens (tertiary/aromatic N) is 3. The lowest BCUT2D eigenvalue weighted by Crippen LogP contribution is -2.28. The van der Waals surface area contributed by atoms with Crippen LogP contribution < -0.4 is 10.9 Å². The van der Waals surface area contributed by atoms with E-state index >= 15 is 0 Å². The van der Waals surface area contributed by atoms with Gasteiger partial charge in [0.2, 0.25) is 11.8 Å². The Morgan fingerprint density at radius 3 is 3.13 bits per heavy atom. The number of carbonyl (C=O) groups is 1. The van der Waals surface area contributed by atoms with Gasteiger partial charge in [0, 0.05) is 11.5 Å². The summed E-state index contributed by atoms with van der Waals surface area (Å²) < 4.78 is 6.43. The summed E-state index contributed by atoms with van der Waals surface area (Å²) in [6.07, 6.45) is 1.38. The highest BCUT2D eigenvalue weighted by atomic mass is 32.2. The number of anilines is 1. The Bertz CT molecular complexity index is 963. The zero-order chi connectivity index (χ0) is 15.8. The average molecular weight is 328 g/mol. The molecule has 116 valence electrons. The van der Waals surface area contributed by atoms with E-state index in [0.717, 1.165) is 22.8 Å². The molecular formula is C15H12N4O3S. The van der Waals surface area contributed by atoms with Crippen molar-refractivity contribution in [1.82, 2.24) is 14.7 Å². The molecule has 0 radical (unpaired) electrons. The van der Waals surface area contributed by atoms with Crippen LogP contribution >= 0.6 is 11.8 Å². The first-order valence-corrected chi connectivity index (χ1v) is 8.17. The summed E-state index contributed by atoms with van der Waals surface area (Å²) in [4.78, 5) is 28.7. The van der Waals surface area contributed by atoms with Crippen LogP contribution in [0.1, 0.15) is 11.3 Å². The fourth-order valence-electron chi connectivity index (χ4n) is 2.49. The number of fused-ring (bicyclic) bond motifs is 2. The fraction of sp³-hybridized carbons (Fsp3) is 0.200. The summed E-state index contributed by atoms with van der Waals surface area (Å²) in [6.45, 7) is -0.126. The van der Waals surface area contributed by atoms with Crippen LogP contribution in [0.25, 0.3) is 10.9 Å². The van der Waals surface area contributed by atoms with Crippen LogP contribution in [-0.2, 0) is 22.8 Å². The number of aromatic nitrogens is 3. The Kier molecular flexibility index (Phi) is 3.38. The SMILES string of the molecule is O=C(Cn1cnc2ccccc2c1=O)Nc1onc2c1CSC2. The van der Waals surface area contributed by atoms with Crippen LogP contribution in [0.15, 0.2) is 39.9 Å². The molecule has 0 unspecified atom stereocenters. The van der Waals surface area contributed by atoms with Gasteiger partial charge in [0.1, 0.15) is 6.54 Å². The molecule has 0 fully saturated rings. The highest BCUT2D eigenvalue weighted by molar-refractivity contribution is 7.98. The largest absolute Gasteiger partial charge is 0.338 e. The molecule has 0 atom stereocenters. The highest BCUT2D eigenvalue weighted by Gasteiger charge is 2.22. The van der Waals surface area contributed by atoms with Crippen molar-refractivity contribution in [3.8, 4) is 0 Å². The van der Waals surface area contributed by atoms with Gasteiger partial charge in [0.05, 0.1) is 28.5 Å². The minimum Gasteiger partial charge on any atom is -0.338 e. The number of para-hydroxylation sites is 1. The van der Waals surface area contributed by atoms with Gasteiger partial charge in [-0.15, -0.1) is 0 Å². The van der Waals surface area contributed by atoms with E-state index in [9.17, 15) is 9.59 Å². The van der Waals surface area contributed by atoms with Crippen molar-refractivity contribution in [2.45, 2.75) is 18.1 Å².